The fourth-order valence-corrected chi connectivity index (χ4v) is 4.60. The van der Waals surface area contributed by atoms with Crippen molar-refractivity contribution < 1.29 is 13.9 Å². The van der Waals surface area contributed by atoms with Crippen LogP contribution in [0, 0.1) is 6.92 Å². The first kappa shape index (κ1) is 21.0. The molecule has 1 aliphatic heterocycles. The molecular formula is C28H17Cl2NO3. The summed E-state index contributed by atoms with van der Waals surface area (Å²) in [4.78, 5) is 18.5. The van der Waals surface area contributed by atoms with Crippen molar-refractivity contribution in [3.8, 4) is 28.3 Å². The van der Waals surface area contributed by atoms with E-state index in [2.05, 4.69) is 0 Å². The van der Waals surface area contributed by atoms with Gasteiger partial charge in [0.25, 0.3) is 0 Å². The Balaban J connectivity index is 1.58. The molecule has 2 aromatic heterocycles. The van der Waals surface area contributed by atoms with E-state index in [-0.39, 0.29) is 11.5 Å². The van der Waals surface area contributed by atoms with Crippen LogP contribution >= 0.6 is 23.2 Å². The number of hydrogen-bond acceptors (Lipinski definition) is 4. The zero-order valence-corrected chi connectivity index (χ0v) is 19.6. The average Bonchev–Trinajstić information content (AvgIpc) is 3.22. The van der Waals surface area contributed by atoms with Gasteiger partial charge in [-0.15, -0.1) is 0 Å². The minimum Gasteiger partial charge on any atom is -0.488 e. The molecule has 3 heterocycles. The topological polar surface area (TPSA) is 52.3 Å². The minimum absolute atomic E-state index is 0.230. The number of carbonyl (C=O) groups excluding carboxylic acids is 1. The first-order valence-corrected chi connectivity index (χ1v) is 11.5. The lowest BCUT2D eigenvalue weighted by Crippen LogP contribution is -2.08. The summed E-state index contributed by atoms with van der Waals surface area (Å²) in [7, 11) is 0. The molecule has 34 heavy (non-hydrogen) atoms. The predicted molar refractivity (Wildman–Crippen MR) is 134 cm³/mol. The van der Waals surface area contributed by atoms with E-state index >= 15 is 0 Å². The van der Waals surface area contributed by atoms with Crippen molar-refractivity contribution in [2.24, 2.45) is 0 Å². The lowest BCUT2D eigenvalue weighted by molar-refractivity contribution is 0.101. The molecule has 0 spiro atoms. The van der Waals surface area contributed by atoms with Gasteiger partial charge in [0, 0.05) is 32.1 Å². The number of nitrogens with zero attached hydrogens (tertiary/aromatic N) is 1. The number of ether oxygens (including phenoxy) is 1. The Morgan fingerprint density at radius 1 is 0.912 bits per heavy atom. The van der Waals surface area contributed by atoms with Crippen LogP contribution in [0.1, 0.15) is 27.2 Å². The minimum atomic E-state index is -0.230. The molecule has 4 nitrogen and oxygen atoms in total. The van der Waals surface area contributed by atoms with Crippen molar-refractivity contribution in [2.45, 2.75) is 13.5 Å². The van der Waals surface area contributed by atoms with Crippen molar-refractivity contribution in [1.82, 2.24) is 4.98 Å². The van der Waals surface area contributed by atoms with Gasteiger partial charge >= 0.3 is 0 Å². The maximum Gasteiger partial charge on any atom is 0.228 e. The Hall–Kier alpha value is -3.60. The number of aryl methyl sites for hydroxylation is 1. The van der Waals surface area contributed by atoms with Crippen LogP contribution in [0.4, 0.5) is 0 Å². The van der Waals surface area contributed by atoms with Gasteiger partial charge in [0.2, 0.25) is 5.78 Å². The molecule has 5 aromatic rings. The van der Waals surface area contributed by atoms with Crippen molar-refractivity contribution in [3.05, 3.63) is 105 Å². The zero-order chi connectivity index (χ0) is 23.4. The molecule has 0 N–H and O–H groups in total. The number of furan rings is 1. The Labute approximate surface area is 205 Å². The highest BCUT2D eigenvalue weighted by atomic mass is 35.5. The molecular weight excluding hydrogens is 469 g/mol. The quantitative estimate of drug-likeness (QED) is 0.243. The summed E-state index contributed by atoms with van der Waals surface area (Å²) in [5.74, 6) is 0.743. The Bertz CT molecular complexity index is 1600. The van der Waals surface area contributed by atoms with Crippen LogP contribution in [0.3, 0.4) is 0 Å². The standard InChI is InChI=1S/C28H17Cl2NO3/c1-15-2-10-24-20(12-15)25(28(34-24)27(32)16-3-6-18(29)7-4-16)22-9-5-17-14-33-23-11-8-19(30)13-21(23)26(17)31-22/h2-13H,14H2,1H3. The summed E-state index contributed by atoms with van der Waals surface area (Å²) < 4.78 is 12.0. The lowest BCUT2D eigenvalue weighted by Gasteiger charge is -2.20. The molecule has 0 bridgehead atoms. The van der Waals surface area contributed by atoms with Gasteiger partial charge in [0.1, 0.15) is 17.9 Å². The molecule has 3 aromatic carbocycles. The third-order valence-corrected chi connectivity index (χ3v) is 6.46. The van der Waals surface area contributed by atoms with Crippen LogP contribution in [0.15, 0.2) is 77.2 Å². The number of hydrogen-bond donors (Lipinski definition) is 0. The van der Waals surface area contributed by atoms with Gasteiger partial charge in [-0.2, -0.15) is 0 Å². The number of benzene rings is 3. The summed E-state index contributed by atoms with van der Waals surface area (Å²) in [6.07, 6.45) is 0. The zero-order valence-electron chi connectivity index (χ0n) is 18.1. The molecule has 0 atom stereocenters. The normalized spacial score (nSPS) is 12.2. The molecule has 0 unspecified atom stereocenters. The SMILES string of the molecule is Cc1ccc2oc(C(=O)c3ccc(Cl)cc3)c(-c3ccc4c(n3)-c3cc(Cl)ccc3OC4)c2c1. The highest BCUT2D eigenvalue weighted by Gasteiger charge is 2.26. The number of aromatic nitrogens is 1. The maximum absolute atomic E-state index is 13.5. The van der Waals surface area contributed by atoms with Gasteiger partial charge in [0.05, 0.1) is 17.0 Å². The molecule has 0 fully saturated rings. The van der Waals surface area contributed by atoms with Crippen molar-refractivity contribution in [3.63, 3.8) is 0 Å². The van der Waals surface area contributed by atoms with Crippen LogP contribution in [-0.2, 0) is 6.61 Å². The van der Waals surface area contributed by atoms with Gasteiger partial charge in [-0.3, -0.25) is 4.79 Å². The lowest BCUT2D eigenvalue weighted by atomic mass is 9.97. The predicted octanol–water partition coefficient (Wildman–Crippen LogP) is 7.90. The third kappa shape index (κ3) is 3.47. The Morgan fingerprint density at radius 3 is 2.53 bits per heavy atom. The number of halogens is 2. The van der Waals surface area contributed by atoms with Crippen LogP contribution < -0.4 is 4.74 Å². The first-order valence-electron chi connectivity index (χ1n) is 10.7. The second-order valence-electron chi connectivity index (χ2n) is 8.28. The number of pyridine rings is 1. The van der Waals surface area contributed by atoms with Crippen molar-refractivity contribution in [1.29, 1.82) is 0 Å². The van der Waals surface area contributed by atoms with Gasteiger partial charge in [0.15, 0.2) is 5.76 Å². The van der Waals surface area contributed by atoms with Gasteiger partial charge in [-0.1, -0.05) is 40.9 Å². The second-order valence-corrected chi connectivity index (χ2v) is 9.15. The second kappa shape index (κ2) is 8.01. The molecule has 6 heteroatoms. The maximum atomic E-state index is 13.5. The molecule has 6 rings (SSSR count). The van der Waals surface area contributed by atoms with Crippen LogP contribution in [0.5, 0.6) is 5.75 Å². The van der Waals surface area contributed by atoms with E-state index in [9.17, 15) is 4.79 Å². The van der Waals surface area contributed by atoms with Crippen LogP contribution in [-0.4, -0.2) is 10.8 Å². The fourth-order valence-electron chi connectivity index (χ4n) is 4.30. The van der Waals surface area contributed by atoms with Gasteiger partial charge in [-0.05, 0) is 67.6 Å². The van der Waals surface area contributed by atoms with Gasteiger partial charge in [-0.25, -0.2) is 4.98 Å². The van der Waals surface area contributed by atoms with E-state index in [1.165, 1.54) is 0 Å². The number of rotatable bonds is 3. The van der Waals surface area contributed by atoms with E-state index in [4.69, 9.17) is 37.3 Å². The average molecular weight is 486 g/mol. The Morgan fingerprint density at radius 2 is 1.71 bits per heavy atom. The summed E-state index contributed by atoms with van der Waals surface area (Å²) in [5, 5.41) is 2.00. The summed E-state index contributed by atoms with van der Waals surface area (Å²) in [6, 6.07) is 22.0. The van der Waals surface area contributed by atoms with Crippen molar-refractivity contribution in [2.75, 3.05) is 0 Å². The molecule has 166 valence electrons. The van der Waals surface area contributed by atoms with E-state index in [0.717, 1.165) is 33.5 Å². The molecule has 0 amide bonds. The first-order chi connectivity index (χ1) is 16.5. The van der Waals surface area contributed by atoms with E-state index in [1.54, 1.807) is 30.3 Å². The molecule has 0 saturated heterocycles. The van der Waals surface area contributed by atoms with E-state index in [1.807, 2.05) is 49.4 Å². The highest BCUT2D eigenvalue weighted by Crippen LogP contribution is 2.41. The third-order valence-electron chi connectivity index (χ3n) is 5.97. The summed E-state index contributed by atoms with van der Waals surface area (Å²) >= 11 is 12.3. The van der Waals surface area contributed by atoms with Crippen LogP contribution in [0.25, 0.3) is 33.5 Å². The smallest absolute Gasteiger partial charge is 0.228 e. The Kier molecular flexibility index (Phi) is 4.94. The molecule has 0 aliphatic carbocycles. The molecule has 0 radical (unpaired) electrons. The van der Waals surface area contributed by atoms with Crippen LogP contribution in [0.2, 0.25) is 10.0 Å². The monoisotopic (exact) mass is 485 g/mol. The number of fused-ring (bicyclic) bond motifs is 4. The van der Waals surface area contributed by atoms with E-state index in [0.29, 0.717) is 39.1 Å². The highest BCUT2D eigenvalue weighted by molar-refractivity contribution is 6.31. The summed E-state index contributed by atoms with van der Waals surface area (Å²) in [6.45, 7) is 2.42. The van der Waals surface area contributed by atoms with E-state index < -0.39 is 0 Å². The largest absolute Gasteiger partial charge is 0.488 e. The van der Waals surface area contributed by atoms with Crippen molar-refractivity contribution >= 4 is 40.0 Å². The number of ketones is 1. The number of carbonyl (C=O) groups is 1. The molecule has 1 aliphatic rings. The summed E-state index contributed by atoms with van der Waals surface area (Å²) in [5.41, 5.74) is 6.05. The fraction of sp³-hybridized carbons (Fsp3) is 0.0714. The van der Waals surface area contributed by atoms with Gasteiger partial charge < -0.3 is 9.15 Å². The molecule has 0 saturated carbocycles.